The van der Waals surface area contributed by atoms with Gasteiger partial charge in [-0.1, -0.05) is 12.1 Å². The summed E-state index contributed by atoms with van der Waals surface area (Å²) in [5.74, 6) is 2.49. The van der Waals surface area contributed by atoms with Crippen LogP contribution >= 0.6 is 0 Å². The molecular weight excluding hydrogens is 312 g/mol. The SMILES string of the molecule is CCNC(=NCC(C)Oc1cccc(C)c1)NCC1CCCN(C)C1. The highest BCUT2D eigenvalue weighted by molar-refractivity contribution is 5.79. The monoisotopic (exact) mass is 346 g/mol. The highest BCUT2D eigenvalue weighted by atomic mass is 16.5. The molecule has 2 N–H and O–H groups in total. The van der Waals surface area contributed by atoms with E-state index in [9.17, 15) is 0 Å². The molecule has 0 aromatic heterocycles. The highest BCUT2D eigenvalue weighted by Crippen LogP contribution is 2.15. The number of nitrogens with one attached hydrogen (secondary N) is 2. The zero-order valence-electron chi connectivity index (χ0n) is 16.2. The van der Waals surface area contributed by atoms with E-state index in [2.05, 4.69) is 55.5 Å². The third-order valence-electron chi connectivity index (χ3n) is 4.46. The molecule has 0 radical (unpaired) electrons. The number of hydrogen-bond acceptors (Lipinski definition) is 3. The van der Waals surface area contributed by atoms with Crippen molar-refractivity contribution in [2.45, 2.75) is 39.7 Å². The van der Waals surface area contributed by atoms with Crippen LogP contribution in [-0.2, 0) is 0 Å². The fourth-order valence-corrected chi connectivity index (χ4v) is 3.20. The number of benzene rings is 1. The lowest BCUT2D eigenvalue weighted by Crippen LogP contribution is -2.43. The van der Waals surface area contributed by atoms with Gasteiger partial charge in [0.05, 0.1) is 6.54 Å². The first-order valence-electron chi connectivity index (χ1n) is 9.51. The lowest BCUT2D eigenvalue weighted by atomic mass is 9.99. The van der Waals surface area contributed by atoms with E-state index < -0.39 is 0 Å². The Labute approximate surface area is 152 Å². The molecule has 1 heterocycles. The van der Waals surface area contributed by atoms with Gasteiger partial charge in [-0.2, -0.15) is 0 Å². The molecule has 25 heavy (non-hydrogen) atoms. The van der Waals surface area contributed by atoms with Crippen LogP contribution in [0.3, 0.4) is 0 Å². The van der Waals surface area contributed by atoms with Crippen LogP contribution in [-0.4, -0.2) is 56.7 Å². The number of piperidine rings is 1. The molecule has 1 aliphatic rings. The first-order chi connectivity index (χ1) is 12.1. The van der Waals surface area contributed by atoms with E-state index in [4.69, 9.17) is 9.73 Å². The second-order valence-electron chi connectivity index (χ2n) is 7.12. The average Bonchev–Trinajstić information content (AvgIpc) is 2.57. The van der Waals surface area contributed by atoms with Crippen molar-refractivity contribution in [1.82, 2.24) is 15.5 Å². The molecular formula is C20H34N4O. The number of hydrogen-bond donors (Lipinski definition) is 2. The molecule has 0 amide bonds. The third kappa shape index (κ3) is 7.34. The van der Waals surface area contributed by atoms with Crippen molar-refractivity contribution in [3.05, 3.63) is 29.8 Å². The molecule has 1 fully saturated rings. The van der Waals surface area contributed by atoms with Gasteiger partial charge in [0.2, 0.25) is 0 Å². The molecule has 2 unspecified atom stereocenters. The zero-order chi connectivity index (χ0) is 18.1. The molecule has 5 nitrogen and oxygen atoms in total. The Hall–Kier alpha value is -1.75. The average molecular weight is 347 g/mol. The zero-order valence-corrected chi connectivity index (χ0v) is 16.2. The van der Waals surface area contributed by atoms with Gasteiger partial charge in [0.15, 0.2) is 5.96 Å². The van der Waals surface area contributed by atoms with Crippen LogP contribution in [0.1, 0.15) is 32.3 Å². The van der Waals surface area contributed by atoms with Crippen molar-refractivity contribution >= 4 is 5.96 Å². The van der Waals surface area contributed by atoms with Gasteiger partial charge in [-0.25, -0.2) is 4.99 Å². The van der Waals surface area contributed by atoms with Crippen LogP contribution in [0, 0.1) is 12.8 Å². The molecule has 2 atom stereocenters. The Balaban J connectivity index is 1.81. The van der Waals surface area contributed by atoms with Gasteiger partial charge < -0.3 is 20.3 Å². The number of nitrogens with zero attached hydrogens (tertiary/aromatic N) is 2. The molecule has 2 rings (SSSR count). The summed E-state index contributed by atoms with van der Waals surface area (Å²) >= 11 is 0. The number of aryl methyl sites for hydroxylation is 1. The molecule has 0 spiro atoms. The molecule has 1 aromatic carbocycles. The predicted octanol–water partition coefficient (Wildman–Crippen LogP) is 2.66. The maximum Gasteiger partial charge on any atom is 0.191 e. The first-order valence-corrected chi connectivity index (χ1v) is 9.51. The molecule has 0 bridgehead atoms. The van der Waals surface area contributed by atoms with Gasteiger partial charge in [-0.3, -0.25) is 0 Å². The second kappa shape index (κ2) is 10.3. The summed E-state index contributed by atoms with van der Waals surface area (Å²) in [6.45, 7) is 11.1. The Bertz CT molecular complexity index is 546. The lowest BCUT2D eigenvalue weighted by Gasteiger charge is -2.30. The standard InChI is InChI=1S/C20H34N4O/c1-5-21-20(23-14-18-9-7-11-24(4)15-18)22-13-17(3)25-19-10-6-8-16(2)12-19/h6,8,10,12,17-18H,5,7,9,11,13-15H2,1-4H3,(H2,21,22,23). The Morgan fingerprint density at radius 2 is 2.24 bits per heavy atom. The quantitative estimate of drug-likeness (QED) is 0.589. The summed E-state index contributed by atoms with van der Waals surface area (Å²) in [6.07, 6.45) is 2.62. The summed E-state index contributed by atoms with van der Waals surface area (Å²) in [7, 11) is 2.20. The topological polar surface area (TPSA) is 48.9 Å². The molecule has 1 saturated heterocycles. The molecule has 140 valence electrons. The Kier molecular flexibility index (Phi) is 8.06. The number of aliphatic imine (C=N–C) groups is 1. The van der Waals surface area contributed by atoms with E-state index in [1.54, 1.807) is 0 Å². The summed E-state index contributed by atoms with van der Waals surface area (Å²) in [5, 5.41) is 6.83. The van der Waals surface area contributed by atoms with Crippen LogP contribution in [0.15, 0.2) is 29.3 Å². The van der Waals surface area contributed by atoms with Gasteiger partial charge >= 0.3 is 0 Å². The summed E-state index contributed by atoms with van der Waals surface area (Å²) < 4.78 is 5.96. The first kappa shape index (κ1) is 19.6. The maximum absolute atomic E-state index is 5.96. The highest BCUT2D eigenvalue weighted by Gasteiger charge is 2.17. The van der Waals surface area contributed by atoms with Crippen LogP contribution in [0.5, 0.6) is 5.75 Å². The van der Waals surface area contributed by atoms with E-state index in [-0.39, 0.29) is 6.10 Å². The summed E-state index contributed by atoms with van der Waals surface area (Å²) in [6, 6.07) is 8.15. The van der Waals surface area contributed by atoms with Gasteiger partial charge in [0.1, 0.15) is 11.9 Å². The number of likely N-dealkylation sites (tertiary alicyclic amines) is 1. The summed E-state index contributed by atoms with van der Waals surface area (Å²) in [4.78, 5) is 7.11. The molecule has 0 aliphatic carbocycles. The van der Waals surface area contributed by atoms with E-state index in [0.29, 0.717) is 12.5 Å². The Morgan fingerprint density at radius 1 is 1.40 bits per heavy atom. The van der Waals surface area contributed by atoms with Crippen molar-refractivity contribution in [3.63, 3.8) is 0 Å². The van der Waals surface area contributed by atoms with E-state index >= 15 is 0 Å². The fraction of sp³-hybridized carbons (Fsp3) is 0.650. The molecule has 5 heteroatoms. The molecule has 1 aliphatic heterocycles. The lowest BCUT2D eigenvalue weighted by molar-refractivity contribution is 0.210. The van der Waals surface area contributed by atoms with E-state index in [0.717, 1.165) is 24.8 Å². The number of rotatable bonds is 7. The summed E-state index contributed by atoms with van der Waals surface area (Å²) in [5.41, 5.74) is 1.21. The van der Waals surface area contributed by atoms with Crippen LogP contribution in [0.4, 0.5) is 0 Å². The number of ether oxygens (including phenoxy) is 1. The Morgan fingerprint density at radius 3 is 2.96 bits per heavy atom. The van der Waals surface area contributed by atoms with Gasteiger partial charge in [0, 0.05) is 19.6 Å². The van der Waals surface area contributed by atoms with Gasteiger partial charge in [0.25, 0.3) is 0 Å². The van der Waals surface area contributed by atoms with Crippen molar-refractivity contribution < 1.29 is 4.74 Å². The molecule has 1 aromatic rings. The van der Waals surface area contributed by atoms with Crippen molar-refractivity contribution in [3.8, 4) is 5.75 Å². The maximum atomic E-state index is 5.96. The predicted molar refractivity (Wildman–Crippen MR) is 105 cm³/mol. The largest absolute Gasteiger partial charge is 0.489 e. The fourth-order valence-electron chi connectivity index (χ4n) is 3.20. The minimum atomic E-state index is 0.0399. The van der Waals surface area contributed by atoms with E-state index in [1.807, 2.05) is 12.1 Å². The normalized spacial score (nSPS) is 20.2. The van der Waals surface area contributed by atoms with Crippen LogP contribution < -0.4 is 15.4 Å². The van der Waals surface area contributed by atoms with Crippen molar-refractivity contribution in [1.29, 1.82) is 0 Å². The van der Waals surface area contributed by atoms with Crippen molar-refractivity contribution in [2.24, 2.45) is 10.9 Å². The van der Waals surface area contributed by atoms with Gasteiger partial charge in [-0.15, -0.1) is 0 Å². The minimum Gasteiger partial charge on any atom is -0.489 e. The van der Waals surface area contributed by atoms with Crippen molar-refractivity contribution in [2.75, 3.05) is 39.8 Å². The molecule has 0 saturated carbocycles. The van der Waals surface area contributed by atoms with E-state index in [1.165, 1.54) is 31.5 Å². The van der Waals surface area contributed by atoms with Crippen LogP contribution in [0.2, 0.25) is 0 Å². The minimum absolute atomic E-state index is 0.0399. The van der Waals surface area contributed by atoms with Crippen LogP contribution in [0.25, 0.3) is 0 Å². The van der Waals surface area contributed by atoms with Gasteiger partial charge in [-0.05, 0) is 70.8 Å². The third-order valence-corrected chi connectivity index (χ3v) is 4.46. The number of guanidine groups is 1. The second-order valence-corrected chi connectivity index (χ2v) is 7.12. The smallest absolute Gasteiger partial charge is 0.191 e.